The van der Waals surface area contributed by atoms with Gasteiger partial charge in [-0.25, -0.2) is 0 Å². The first-order valence-corrected chi connectivity index (χ1v) is 8.13. The minimum Gasteiger partial charge on any atom is -0.468 e. The molecule has 1 saturated carbocycles. The average molecular weight is 294 g/mol. The molecule has 0 spiro atoms. The summed E-state index contributed by atoms with van der Waals surface area (Å²) in [6.07, 6.45) is 4.55. The zero-order chi connectivity index (χ0) is 15.2. The van der Waals surface area contributed by atoms with E-state index in [-0.39, 0.29) is 0 Å². The summed E-state index contributed by atoms with van der Waals surface area (Å²) in [6.45, 7) is 10.2. The smallest absolute Gasteiger partial charge is 0.122 e. The minimum absolute atomic E-state index is 0.470. The fraction of sp³-hybridized carbons (Fsp3) is 0.765. The Kier molecular flexibility index (Phi) is 6.27. The molecule has 0 bridgehead atoms. The molecular formula is C17H30N2O2. The van der Waals surface area contributed by atoms with Crippen molar-refractivity contribution in [2.75, 3.05) is 20.3 Å². The van der Waals surface area contributed by atoms with Gasteiger partial charge in [0.05, 0.1) is 19.4 Å². The van der Waals surface area contributed by atoms with E-state index in [9.17, 15) is 0 Å². The Morgan fingerprint density at radius 2 is 2.14 bits per heavy atom. The normalized spacial score (nSPS) is 16.9. The zero-order valence-corrected chi connectivity index (χ0v) is 13.9. The van der Waals surface area contributed by atoms with E-state index in [1.807, 2.05) is 6.26 Å². The van der Waals surface area contributed by atoms with Gasteiger partial charge < -0.3 is 14.5 Å². The van der Waals surface area contributed by atoms with Crippen molar-refractivity contribution in [1.29, 1.82) is 0 Å². The summed E-state index contributed by atoms with van der Waals surface area (Å²) in [5.74, 6) is 1.93. The minimum atomic E-state index is 0.470. The average Bonchev–Trinajstić information content (AvgIpc) is 3.21. The molecule has 4 heteroatoms. The summed E-state index contributed by atoms with van der Waals surface area (Å²) in [6, 6.07) is 3.20. The Balaban J connectivity index is 1.96. The van der Waals surface area contributed by atoms with E-state index in [2.05, 4.69) is 37.1 Å². The van der Waals surface area contributed by atoms with Gasteiger partial charge in [-0.2, -0.15) is 0 Å². The van der Waals surface area contributed by atoms with Crippen LogP contribution >= 0.6 is 0 Å². The fourth-order valence-corrected chi connectivity index (χ4v) is 2.69. The van der Waals surface area contributed by atoms with Crippen molar-refractivity contribution in [3.8, 4) is 0 Å². The molecule has 1 aromatic heterocycles. The van der Waals surface area contributed by atoms with Gasteiger partial charge in [0.25, 0.3) is 0 Å². The van der Waals surface area contributed by atoms with Crippen molar-refractivity contribution < 1.29 is 9.15 Å². The standard InChI is InChI=1S/C17H30N2O2/c1-13(2)18-11-17-16(7-9-21-17)12-19(8-10-20-4)14(3)15-5-6-15/h7,9,13-15,18H,5-6,8,10-12H2,1-4H3. The second kappa shape index (κ2) is 7.97. The molecule has 4 nitrogen and oxygen atoms in total. The van der Waals surface area contributed by atoms with Gasteiger partial charge in [-0.15, -0.1) is 0 Å². The topological polar surface area (TPSA) is 37.6 Å². The molecule has 1 aliphatic rings. The molecule has 2 rings (SSSR count). The quantitative estimate of drug-likeness (QED) is 0.720. The molecule has 0 aliphatic heterocycles. The summed E-state index contributed by atoms with van der Waals surface area (Å²) >= 11 is 0. The maximum Gasteiger partial charge on any atom is 0.122 e. The predicted octanol–water partition coefficient (Wildman–Crippen LogP) is 3.02. The van der Waals surface area contributed by atoms with Crippen molar-refractivity contribution in [2.45, 2.75) is 58.8 Å². The van der Waals surface area contributed by atoms with E-state index in [1.54, 1.807) is 7.11 Å². The molecule has 0 amide bonds. The first-order valence-electron chi connectivity index (χ1n) is 8.13. The molecule has 21 heavy (non-hydrogen) atoms. The van der Waals surface area contributed by atoms with Crippen LogP contribution in [0.25, 0.3) is 0 Å². The predicted molar refractivity (Wildman–Crippen MR) is 85.2 cm³/mol. The summed E-state index contributed by atoms with van der Waals surface area (Å²) in [5.41, 5.74) is 1.30. The lowest BCUT2D eigenvalue weighted by atomic mass is 10.1. The van der Waals surface area contributed by atoms with Crippen molar-refractivity contribution in [1.82, 2.24) is 10.2 Å². The van der Waals surface area contributed by atoms with Crippen molar-refractivity contribution in [3.63, 3.8) is 0 Å². The summed E-state index contributed by atoms with van der Waals surface area (Å²) in [5, 5.41) is 3.43. The van der Waals surface area contributed by atoms with Crippen LogP contribution < -0.4 is 5.32 Å². The van der Waals surface area contributed by atoms with Gasteiger partial charge in [-0.3, -0.25) is 4.90 Å². The summed E-state index contributed by atoms with van der Waals surface area (Å²) < 4.78 is 10.9. The highest BCUT2D eigenvalue weighted by Crippen LogP contribution is 2.35. The lowest BCUT2D eigenvalue weighted by Crippen LogP contribution is -2.37. The van der Waals surface area contributed by atoms with E-state index in [0.717, 1.165) is 37.9 Å². The molecule has 1 N–H and O–H groups in total. The van der Waals surface area contributed by atoms with Crippen LogP contribution in [-0.2, 0) is 17.8 Å². The highest BCUT2D eigenvalue weighted by molar-refractivity contribution is 5.17. The highest BCUT2D eigenvalue weighted by atomic mass is 16.5. The lowest BCUT2D eigenvalue weighted by molar-refractivity contribution is 0.111. The van der Waals surface area contributed by atoms with Crippen LogP contribution in [0.4, 0.5) is 0 Å². The monoisotopic (exact) mass is 294 g/mol. The van der Waals surface area contributed by atoms with Crippen LogP contribution in [0.5, 0.6) is 0 Å². The molecule has 1 aliphatic carbocycles. The third-order valence-corrected chi connectivity index (χ3v) is 4.34. The van der Waals surface area contributed by atoms with E-state index >= 15 is 0 Å². The maximum absolute atomic E-state index is 5.66. The van der Waals surface area contributed by atoms with Crippen LogP contribution in [0.3, 0.4) is 0 Å². The van der Waals surface area contributed by atoms with Gasteiger partial charge in [0.2, 0.25) is 0 Å². The SMILES string of the molecule is COCCN(Cc1ccoc1CNC(C)C)C(C)C1CC1. The van der Waals surface area contributed by atoms with Gasteiger partial charge in [-0.1, -0.05) is 13.8 Å². The Labute approximate surface area is 128 Å². The molecule has 0 aromatic carbocycles. The third kappa shape index (κ3) is 5.13. The van der Waals surface area contributed by atoms with Gasteiger partial charge in [0, 0.05) is 37.8 Å². The van der Waals surface area contributed by atoms with Crippen LogP contribution in [0.1, 0.15) is 44.9 Å². The van der Waals surface area contributed by atoms with Gasteiger partial charge in [-0.05, 0) is 31.7 Å². The first-order chi connectivity index (χ1) is 10.1. The molecular weight excluding hydrogens is 264 g/mol. The molecule has 120 valence electrons. The van der Waals surface area contributed by atoms with E-state index in [4.69, 9.17) is 9.15 Å². The lowest BCUT2D eigenvalue weighted by Gasteiger charge is -2.29. The van der Waals surface area contributed by atoms with Crippen LogP contribution in [0.15, 0.2) is 16.7 Å². The fourth-order valence-electron chi connectivity index (χ4n) is 2.69. The van der Waals surface area contributed by atoms with Crippen LogP contribution in [-0.4, -0.2) is 37.2 Å². The number of rotatable bonds is 10. The molecule has 0 radical (unpaired) electrons. The van der Waals surface area contributed by atoms with Gasteiger partial charge in [0.15, 0.2) is 0 Å². The molecule has 1 aromatic rings. The maximum atomic E-state index is 5.66. The zero-order valence-electron chi connectivity index (χ0n) is 13.9. The molecule has 1 atom stereocenters. The Morgan fingerprint density at radius 1 is 1.38 bits per heavy atom. The van der Waals surface area contributed by atoms with E-state index in [0.29, 0.717) is 12.1 Å². The second-order valence-electron chi connectivity index (χ2n) is 6.45. The van der Waals surface area contributed by atoms with E-state index < -0.39 is 0 Å². The first kappa shape index (κ1) is 16.5. The van der Waals surface area contributed by atoms with Crippen molar-refractivity contribution >= 4 is 0 Å². The molecule has 1 fully saturated rings. The van der Waals surface area contributed by atoms with Gasteiger partial charge >= 0.3 is 0 Å². The van der Waals surface area contributed by atoms with Gasteiger partial charge in [0.1, 0.15) is 5.76 Å². The number of furan rings is 1. The number of methoxy groups -OCH3 is 1. The third-order valence-electron chi connectivity index (χ3n) is 4.34. The highest BCUT2D eigenvalue weighted by Gasteiger charge is 2.32. The molecule has 1 heterocycles. The summed E-state index contributed by atoms with van der Waals surface area (Å²) in [4.78, 5) is 2.53. The number of ether oxygens (including phenoxy) is 1. The van der Waals surface area contributed by atoms with E-state index in [1.165, 1.54) is 18.4 Å². The second-order valence-corrected chi connectivity index (χ2v) is 6.45. The van der Waals surface area contributed by atoms with Crippen molar-refractivity contribution in [2.24, 2.45) is 5.92 Å². The van der Waals surface area contributed by atoms with Crippen molar-refractivity contribution in [3.05, 3.63) is 23.7 Å². The largest absolute Gasteiger partial charge is 0.468 e. The number of hydrogen-bond donors (Lipinski definition) is 1. The Hall–Kier alpha value is -0.840. The van der Waals surface area contributed by atoms with Crippen LogP contribution in [0, 0.1) is 5.92 Å². The number of nitrogens with one attached hydrogen (secondary N) is 1. The number of nitrogens with zero attached hydrogens (tertiary/aromatic N) is 1. The molecule has 0 saturated heterocycles. The Bertz CT molecular complexity index is 413. The number of hydrogen-bond acceptors (Lipinski definition) is 4. The molecule has 1 unspecified atom stereocenters. The Morgan fingerprint density at radius 3 is 2.76 bits per heavy atom. The van der Waals surface area contributed by atoms with Crippen LogP contribution in [0.2, 0.25) is 0 Å². The summed E-state index contributed by atoms with van der Waals surface area (Å²) in [7, 11) is 1.77.